The molecule has 1 aromatic heterocycles. The average Bonchev–Trinajstić information content (AvgIpc) is 2.47. The first-order valence-electron chi connectivity index (χ1n) is 3.95. The van der Waals surface area contributed by atoms with Crippen LogP contribution in [-0.2, 0) is 4.74 Å². The second-order valence-electron chi connectivity index (χ2n) is 2.53. The Morgan fingerprint density at radius 2 is 2.46 bits per heavy atom. The Bertz CT molecular complexity index is 360. The van der Waals surface area contributed by atoms with E-state index in [9.17, 15) is 4.79 Å². The van der Waals surface area contributed by atoms with Gasteiger partial charge in [-0.2, -0.15) is 5.26 Å². The molecule has 0 spiro atoms. The van der Waals surface area contributed by atoms with Gasteiger partial charge >= 0.3 is 5.97 Å². The molecule has 0 amide bonds. The van der Waals surface area contributed by atoms with Crippen LogP contribution in [0, 0.1) is 18.3 Å². The van der Waals surface area contributed by atoms with E-state index in [0.717, 1.165) is 0 Å². The summed E-state index contributed by atoms with van der Waals surface area (Å²) in [6, 6.07) is 1.95. The van der Waals surface area contributed by atoms with E-state index in [0.29, 0.717) is 23.4 Å². The number of hydrogen-bond acceptors (Lipinski definition) is 3. The summed E-state index contributed by atoms with van der Waals surface area (Å²) in [6.07, 6.45) is 1.49. The van der Waals surface area contributed by atoms with Crippen LogP contribution >= 0.6 is 0 Å². The molecule has 68 valence electrons. The number of carbonyl (C=O) groups excluding carboxylic acids is 1. The van der Waals surface area contributed by atoms with Crippen LogP contribution < -0.4 is 0 Å². The number of esters is 1. The molecule has 0 unspecified atom stereocenters. The van der Waals surface area contributed by atoms with Gasteiger partial charge in [0.15, 0.2) is 0 Å². The summed E-state index contributed by atoms with van der Waals surface area (Å²) in [6.45, 7) is 3.79. The molecule has 4 heteroatoms. The van der Waals surface area contributed by atoms with E-state index < -0.39 is 5.97 Å². The van der Waals surface area contributed by atoms with Crippen molar-refractivity contribution < 1.29 is 9.53 Å². The lowest BCUT2D eigenvalue weighted by atomic mass is 10.2. The van der Waals surface area contributed by atoms with Crippen molar-refractivity contribution in [3.05, 3.63) is 23.0 Å². The Labute approximate surface area is 76.1 Å². The largest absolute Gasteiger partial charge is 0.462 e. The summed E-state index contributed by atoms with van der Waals surface area (Å²) in [5.41, 5.74) is 1.47. The third kappa shape index (κ3) is 1.70. The Hall–Kier alpha value is -1.76. The molecular weight excluding hydrogens is 168 g/mol. The van der Waals surface area contributed by atoms with Gasteiger partial charge in [0.05, 0.1) is 12.2 Å². The second kappa shape index (κ2) is 3.76. The Morgan fingerprint density at radius 1 is 1.77 bits per heavy atom. The van der Waals surface area contributed by atoms with Gasteiger partial charge in [-0.15, -0.1) is 0 Å². The molecule has 0 aliphatic rings. The van der Waals surface area contributed by atoms with E-state index in [1.165, 1.54) is 6.20 Å². The second-order valence-corrected chi connectivity index (χ2v) is 2.53. The van der Waals surface area contributed by atoms with Crippen molar-refractivity contribution in [2.45, 2.75) is 13.8 Å². The molecule has 0 aliphatic heterocycles. The summed E-state index contributed by atoms with van der Waals surface area (Å²) in [5.74, 6) is -0.391. The molecule has 1 rings (SSSR count). The van der Waals surface area contributed by atoms with Crippen LogP contribution in [0.25, 0.3) is 0 Å². The number of aromatic nitrogens is 1. The molecule has 1 N–H and O–H groups in total. The van der Waals surface area contributed by atoms with E-state index in [-0.39, 0.29) is 0 Å². The lowest BCUT2D eigenvalue weighted by molar-refractivity contribution is 0.0526. The molecule has 0 bridgehead atoms. The van der Waals surface area contributed by atoms with Crippen LogP contribution in [0.2, 0.25) is 0 Å². The van der Waals surface area contributed by atoms with Crippen LogP contribution in [0.3, 0.4) is 0 Å². The van der Waals surface area contributed by atoms with E-state index in [4.69, 9.17) is 10.00 Å². The number of carbonyl (C=O) groups is 1. The van der Waals surface area contributed by atoms with Crippen LogP contribution in [0.15, 0.2) is 6.20 Å². The predicted molar refractivity (Wildman–Crippen MR) is 46.2 cm³/mol. The fraction of sp³-hybridized carbons (Fsp3) is 0.333. The van der Waals surface area contributed by atoms with Gasteiger partial charge in [0, 0.05) is 6.20 Å². The third-order valence-electron chi connectivity index (χ3n) is 1.75. The van der Waals surface area contributed by atoms with Gasteiger partial charge < -0.3 is 9.72 Å². The number of nitrogens with zero attached hydrogens (tertiary/aromatic N) is 1. The highest BCUT2D eigenvalue weighted by atomic mass is 16.5. The summed E-state index contributed by atoms with van der Waals surface area (Å²) >= 11 is 0. The van der Waals surface area contributed by atoms with Crippen LogP contribution in [0.5, 0.6) is 0 Å². The minimum absolute atomic E-state index is 0.339. The van der Waals surface area contributed by atoms with Gasteiger partial charge in [0.1, 0.15) is 11.8 Å². The summed E-state index contributed by atoms with van der Waals surface area (Å²) in [5, 5.41) is 8.61. The number of rotatable bonds is 2. The quantitative estimate of drug-likeness (QED) is 0.695. The molecule has 0 saturated carbocycles. The van der Waals surface area contributed by atoms with Gasteiger partial charge in [0.2, 0.25) is 0 Å². The molecule has 13 heavy (non-hydrogen) atoms. The van der Waals surface area contributed by atoms with Gasteiger partial charge in [-0.3, -0.25) is 0 Å². The number of nitriles is 1. The number of H-pyrrole nitrogens is 1. The molecule has 0 radical (unpaired) electrons. The number of ether oxygens (including phenoxy) is 1. The van der Waals surface area contributed by atoms with Crippen LogP contribution in [-0.4, -0.2) is 17.6 Å². The minimum Gasteiger partial charge on any atom is -0.462 e. The standard InChI is InChI=1S/C9H10N2O2/c1-3-13-9(12)7-5-11-8(4-10)6(7)2/h5,11H,3H2,1-2H3. The lowest BCUT2D eigenvalue weighted by Crippen LogP contribution is -2.04. The van der Waals surface area contributed by atoms with Gasteiger partial charge in [-0.05, 0) is 19.4 Å². The fourth-order valence-corrected chi connectivity index (χ4v) is 1.03. The highest BCUT2D eigenvalue weighted by Gasteiger charge is 2.14. The van der Waals surface area contributed by atoms with E-state index in [1.807, 2.05) is 6.07 Å². The molecule has 1 heterocycles. The van der Waals surface area contributed by atoms with Crippen molar-refractivity contribution in [2.75, 3.05) is 6.61 Å². The molecule has 0 saturated heterocycles. The lowest BCUT2D eigenvalue weighted by Gasteiger charge is -1.99. The normalized spacial score (nSPS) is 9.31. The van der Waals surface area contributed by atoms with E-state index in [1.54, 1.807) is 13.8 Å². The summed E-state index contributed by atoms with van der Waals surface area (Å²) in [4.78, 5) is 13.9. The maximum absolute atomic E-state index is 11.2. The summed E-state index contributed by atoms with van der Waals surface area (Å²) in [7, 11) is 0. The van der Waals surface area contributed by atoms with Crippen molar-refractivity contribution in [2.24, 2.45) is 0 Å². The topological polar surface area (TPSA) is 65.9 Å². The minimum atomic E-state index is -0.391. The first-order valence-corrected chi connectivity index (χ1v) is 3.95. The zero-order valence-electron chi connectivity index (χ0n) is 7.55. The molecule has 0 aliphatic carbocycles. The number of hydrogen-bond donors (Lipinski definition) is 1. The Kier molecular flexibility index (Phi) is 2.70. The predicted octanol–water partition coefficient (Wildman–Crippen LogP) is 1.37. The third-order valence-corrected chi connectivity index (χ3v) is 1.75. The molecule has 1 aromatic rings. The average molecular weight is 178 g/mol. The molecular formula is C9H10N2O2. The zero-order chi connectivity index (χ0) is 9.84. The highest BCUT2D eigenvalue weighted by Crippen LogP contribution is 2.12. The van der Waals surface area contributed by atoms with Gasteiger partial charge in [0.25, 0.3) is 0 Å². The first-order chi connectivity index (χ1) is 6.20. The Morgan fingerprint density at radius 3 is 2.92 bits per heavy atom. The van der Waals surface area contributed by atoms with Gasteiger partial charge in [-0.1, -0.05) is 0 Å². The maximum atomic E-state index is 11.2. The summed E-state index contributed by atoms with van der Waals surface area (Å²) < 4.78 is 4.80. The Balaban J connectivity index is 2.97. The van der Waals surface area contributed by atoms with E-state index in [2.05, 4.69) is 4.98 Å². The van der Waals surface area contributed by atoms with Crippen molar-refractivity contribution in [3.8, 4) is 6.07 Å². The molecule has 4 nitrogen and oxygen atoms in total. The molecule has 0 atom stereocenters. The van der Waals surface area contributed by atoms with Crippen molar-refractivity contribution >= 4 is 5.97 Å². The SMILES string of the molecule is CCOC(=O)c1c[nH]c(C#N)c1C. The van der Waals surface area contributed by atoms with Crippen molar-refractivity contribution in [1.82, 2.24) is 4.98 Å². The van der Waals surface area contributed by atoms with Crippen molar-refractivity contribution in [1.29, 1.82) is 5.26 Å². The first kappa shape index (κ1) is 9.33. The van der Waals surface area contributed by atoms with Crippen molar-refractivity contribution in [3.63, 3.8) is 0 Å². The van der Waals surface area contributed by atoms with Crippen LogP contribution in [0.4, 0.5) is 0 Å². The number of aromatic amines is 1. The fourth-order valence-electron chi connectivity index (χ4n) is 1.03. The smallest absolute Gasteiger partial charge is 0.339 e. The molecule has 0 fully saturated rings. The number of nitrogens with one attached hydrogen (secondary N) is 1. The van der Waals surface area contributed by atoms with Gasteiger partial charge in [-0.25, -0.2) is 4.79 Å². The molecule has 0 aromatic carbocycles. The highest BCUT2D eigenvalue weighted by molar-refractivity contribution is 5.91. The zero-order valence-corrected chi connectivity index (χ0v) is 7.55. The van der Waals surface area contributed by atoms with E-state index >= 15 is 0 Å². The maximum Gasteiger partial charge on any atom is 0.339 e. The van der Waals surface area contributed by atoms with Crippen LogP contribution in [0.1, 0.15) is 28.5 Å². The monoisotopic (exact) mass is 178 g/mol.